The number of hydrogen-bond acceptors (Lipinski definition) is 5. The predicted octanol–water partition coefficient (Wildman–Crippen LogP) is 5.41. The molecule has 0 fully saturated rings. The lowest BCUT2D eigenvalue weighted by atomic mass is 10.0. The van der Waals surface area contributed by atoms with Crippen LogP contribution < -0.4 is 5.06 Å². The maximum absolute atomic E-state index is 9.64. The fourth-order valence-electron chi connectivity index (χ4n) is 3.14. The van der Waals surface area contributed by atoms with Gasteiger partial charge in [0.05, 0.1) is 0 Å². The van der Waals surface area contributed by atoms with Gasteiger partial charge in [0, 0.05) is 22.2 Å². The van der Waals surface area contributed by atoms with Gasteiger partial charge in [-0.15, -0.1) is 0 Å². The molecule has 30 heavy (non-hydrogen) atoms. The van der Waals surface area contributed by atoms with Gasteiger partial charge < -0.3 is 10.4 Å². The lowest BCUT2D eigenvalue weighted by Gasteiger charge is -2.39. The number of nitrogens with zero attached hydrogens (tertiary/aromatic N) is 2. The first-order chi connectivity index (χ1) is 12.5. The summed E-state index contributed by atoms with van der Waals surface area (Å²) in [5, 5.41) is 32.1. The van der Waals surface area contributed by atoms with Crippen molar-refractivity contribution in [2.45, 2.75) is 158 Å². The molecule has 0 saturated heterocycles. The van der Waals surface area contributed by atoms with Crippen molar-refractivity contribution < 1.29 is 20.7 Å². The Balaban J connectivity index is -0.000000364. The topological polar surface area (TPSA) is 71.6 Å². The van der Waals surface area contributed by atoms with Crippen LogP contribution in [0.25, 0.3) is 0 Å². The van der Waals surface area contributed by atoms with Crippen molar-refractivity contribution in [3.05, 3.63) is 0 Å². The van der Waals surface area contributed by atoms with Crippen LogP contribution in [0.5, 0.6) is 0 Å². The van der Waals surface area contributed by atoms with Crippen molar-refractivity contribution in [1.29, 1.82) is 0 Å². The Labute approximate surface area is 189 Å². The quantitative estimate of drug-likeness (QED) is 0.382. The first-order valence-electron chi connectivity index (χ1n) is 11.0. The molecule has 6 nitrogen and oxygen atoms in total. The van der Waals surface area contributed by atoms with Crippen LogP contribution in [0, 0.1) is 0 Å². The summed E-state index contributed by atoms with van der Waals surface area (Å²) in [4.78, 5) is 0. The van der Waals surface area contributed by atoms with E-state index < -0.39 is 0 Å². The minimum Gasteiger partial charge on any atom is -0.313 e. The summed E-state index contributed by atoms with van der Waals surface area (Å²) in [6, 6.07) is 0. The van der Waals surface area contributed by atoms with Crippen molar-refractivity contribution in [2.24, 2.45) is 0 Å². The highest BCUT2D eigenvalue weighted by molar-refractivity contribution is 4.80. The predicted molar refractivity (Wildman–Crippen MR) is 129 cm³/mol. The molecular weight excluding hydrogens is 378 g/mol. The van der Waals surface area contributed by atoms with Crippen LogP contribution in [0.4, 0.5) is 0 Å². The number of quaternary nitrogens is 1. The van der Waals surface area contributed by atoms with Gasteiger partial charge in [-0.3, -0.25) is 0 Å². The van der Waals surface area contributed by atoms with Gasteiger partial charge >= 0.3 is 0 Å². The van der Waals surface area contributed by atoms with Crippen LogP contribution >= 0.6 is 0 Å². The molecule has 0 atom stereocenters. The molecule has 0 aliphatic carbocycles. The summed E-state index contributed by atoms with van der Waals surface area (Å²) >= 11 is 0. The Morgan fingerprint density at radius 2 is 0.533 bits per heavy atom. The second-order valence-corrected chi connectivity index (χ2v) is 14.2. The SMILES string of the molecule is CC(C)(C)N(O)C(C)(C)C.CC(C)(C)N(O)C(C)(C)C.CC(C)(C)[NH+](O)C(C)(C)C. The standard InChI is InChI=1S/3C8H19NO/c3*1-7(2,3)9(10)8(4,5)6/h3*10H,1-6H3/p+1. The lowest BCUT2D eigenvalue weighted by Crippen LogP contribution is -3.23. The highest BCUT2D eigenvalue weighted by atomic mass is 16.5. The summed E-state index contributed by atoms with van der Waals surface area (Å²) in [6.45, 7) is 35.9. The largest absolute Gasteiger partial charge is 0.313 e. The van der Waals surface area contributed by atoms with E-state index in [9.17, 15) is 15.6 Å². The van der Waals surface area contributed by atoms with E-state index in [2.05, 4.69) is 0 Å². The van der Waals surface area contributed by atoms with Gasteiger partial charge in [0.25, 0.3) is 0 Å². The summed E-state index contributed by atoms with van der Waals surface area (Å²) in [7, 11) is 0. The van der Waals surface area contributed by atoms with Crippen LogP contribution in [-0.2, 0) is 0 Å². The Morgan fingerprint density at radius 1 is 0.400 bits per heavy atom. The van der Waals surface area contributed by atoms with Crippen LogP contribution in [0.1, 0.15) is 125 Å². The third-order valence-electron chi connectivity index (χ3n) is 3.96. The third-order valence-corrected chi connectivity index (χ3v) is 3.96. The van der Waals surface area contributed by atoms with Crippen molar-refractivity contribution in [2.75, 3.05) is 0 Å². The molecule has 0 spiro atoms. The minimum atomic E-state index is -0.168. The summed E-state index contributed by atoms with van der Waals surface area (Å²) < 4.78 is 0. The molecule has 0 aliphatic heterocycles. The van der Waals surface area contributed by atoms with Gasteiger partial charge in [0.1, 0.15) is 11.1 Å². The van der Waals surface area contributed by atoms with E-state index in [1.54, 1.807) is 0 Å². The van der Waals surface area contributed by atoms with Crippen LogP contribution in [0.15, 0.2) is 0 Å². The van der Waals surface area contributed by atoms with E-state index in [4.69, 9.17) is 0 Å². The molecule has 0 bridgehead atoms. The zero-order valence-electron chi connectivity index (χ0n) is 23.7. The Kier molecular flexibility index (Phi) is 12.7. The van der Waals surface area contributed by atoms with E-state index in [1.165, 1.54) is 10.1 Å². The van der Waals surface area contributed by atoms with Gasteiger partial charge in [-0.1, -0.05) is 0 Å². The van der Waals surface area contributed by atoms with Crippen molar-refractivity contribution in [1.82, 2.24) is 10.1 Å². The average Bonchev–Trinajstić information content (AvgIpc) is 2.40. The number of rotatable bonds is 0. The first kappa shape index (κ1) is 34.4. The second-order valence-electron chi connectivity index (χ2n) is 14.2. The van der Waals surface area contributed by atoms with Crippen molar-refractivity contribution >= 4 is 0 Å². The monoisotopic (exact) mass is 436 g/mol. The Hall–Kier alpha value is -0.240. The number of nitrogens with one attached hydrogen (secondary N) is 1. The Bertz CT molecular complexity index is 352. The van der Waals surface area contributed by atoms with E-state index >= 15 is 0 Å². The molecule has 0 unspecified atom stereocenters. The van der Waals surface area contributed by atoms with E-state index in [0.29, 0.717) is 5.06 Å². The normalized spacial score (nSPS) is 14.4. The second kappa shape index (κ2) is 11.1. The van der Waals surface area contributed by atoms with Crippen LogP contribution in [0.2, 0.25) is 0 Å². The zero-order valence-corrected chi connectivity index (χ0v) is 23.7. The van der Waals surface area contributed by atoms with Gasteiger partial charge in [-0.2, -0.15) is 15.2 Å². The maximum atomic E-state index is 9.64. The molecule has 186 valence electrons. The molecular formula is C24H58N3O3+. The molecule has 0 aromatic rings. The first-order valence-corrected chi connectivity index (χ1v) is 11.0. The van der Waals surface area contributed by atoms with E-state index in [0.717, 1.165) is 0 Å². The summed E-state index contributed by atoms with van der Waals surface area (Å²) in [5.41, 5.74) is -0.844. The molecule has 0 radical (unpaired) electrons. The van der Waals surface area contributed by atoms with Gasteiger partial charge in [0.15, 0.2) is 0 Å². The summed E-state index contributed by atoms with van der Waals surface area (Å²) in [6.07, 6.45) is 0. The van der Waals surface area contributed by atoms with E-state index in [1.807, 2.05) is 125 Å². The molecule has 0 aliphatic rings. The third kappa shape index (κ3) is 15.5. The maximum Gasteiger partial charge on any atom is 0.119 e. The number of hydroxylamine groups is 6. The molecule has 0 aromatic carbocycles. The van der Waals surface area contributed by atoms with Crippen LogP contribution in [0.3, 0.4) is 0 Å². The fraction of sp³-hybridized carbons (Fsp3) is 1.00. The molecule has 0 rings (SSSR count). The van der Waals surface area contributed by atoms with Gasteiger partial charge in [-0.25, -0.2) is 5.21 Å². The molecule has 0 heterocycles. The van der Waals surface area contributed by atoms with Crippen molar-refractivity contribution in [3.63, 3.8) is 0 Å². The highest BCUT2D eigenvalue weighted by Gasteiger charge is 2.35. The minimum absolute atomic E-state index is 0.0851. The van der Waals surface area contributed by atoms with E-state index in [-0.39, 0.29) is 33.2 Å². The van der Waals surface area contributed by atoms with Gasteiger partial charge in [-0.05, 0) is 125 Å². The molecule has 0 saturated carbocycles. The fourth-order valence-corrected chi connectivity index (χ4v) is 3.14. The lowest BCUT2D eigenvalue weighted by molar-refractivity contribution is -1.16. The molecule has 0 amide bonds. The van der Waals surface area contributed by atoms with Crippen LogP contribution in [-0.4, -0.2) is 59.0 Å². The summed E-state index contributed by atoms with van der Waals surface area (Å²) in [5.74, 6) is 0. The average molecular weight is 437 g/mol. The molecule has 6 heteroatoms. The highest BCUT2D eigenvalue weighted by Crippen LogP contribution is 2.21. The smallest absolute Gasteiger partial charge is 0.119 e. The Morgan fingerprint density at radius 3 is 0.533 bits per heavy atom. The zero-order chi connectivity index (χ0) is 25.7. The van der Waals surface area contributed by atoms with Crippen molar-refractivity contribution in [3.8, 4) is 0 Å². The van der Waals surface area contributed by atoms with Gasteiger partial charge in [0.2, 0.25) is 0 Å². The molecule has 0 aromatic heterocycles. The number of hydrogen-bond donors (Lipinski definition) is 4. The molecule has 4 N–H and O–H groups in total.